The van der Waals surface area contributed by atoms with Crippen LogP contribution in [0.4, 0.5) is 0 Å². The van der Waals surface area contributed by atoms with Gasteiger partial charge in [0.1, 0.15) is 5.78 Å². The quantitative estimate of drug-likeness (QED) is 0.583. The zero-order chi connectivity index (χ0) is 19.2. The SMILES string of the molecule is C[C@H]1CC2(C[C@@H]3CC[C@@H]4[C@H](CC[C@]5(C)C(=O)C(C)(C)C[C@@H]45)[C@]31C)OCCO2. The molecule has 0 N–H and O–H groups in total. The molecule has 5 rings (SSSR count). The van der Waals surface area contributed by atoms with E-state index in [1.807, 2.05) is 0 Å². The van der Waals surface area contributed by atoms with E-state index in [9.17, 15) is 4.79 Å². The third kappa shape index (κ3) is 2.31. The van der Waals surface area contributed by atoms with Gasteiger partial charge in [-0.1, -0.05) is 34.6 Å². The Labute approximate surface area is 164 Å². The molecule has 0 aromatic carbocycles. The molecule has 5 fully saturated rings. The van der Waals surface area contributed by atoms with Crippen LogP contribution in [0.15, 0.2) is 0 Å². The van der Waals surface area contributed by atoms with Gasteiger partial charge < -0.3 is 9.47 Å². The Kier molecular flexibility index (Phi) is 3.86. The van der Waals surface area contributed by atoms with Gasteiger partial charge in [-0.2, -0.15) is 0 Å². The summed E-state index contributed by atoms with van der Waals surface area (Å²) in [6.07, 6.45) is 8.18. The smallest absolute Gasteiger partial charge is 0.169 e. The Hall–Kier alpha value is -0.410. The van der Waals surface area contributed by atoms with Crippen molar-refractivity contribution in [2.75, 3.05) is 13.2 Å². The first kappa shape index (κ1) is 18.6. The number of fused-ring (bicyclic) bond motifs is 5. The average molecular weight is 375 g/mol. The number of ether oxygens (including phenoxy) is 2. The molecule has 1 spiro atoms. The van der Waals surface area contributed by atoms with Gasteiger partial charge in [-0.15, -0.1) is 0 Å². The summed E-state index contributed by atoms with van der Waals surface area (Å²) >= 11 is 0. The molecule has 7 atom stereocenters. The molecule has 4 saturated carbocycles. The minimum atomic E-state index is -0.287. The second-order valence-corrected chi connectivity index (χ2v) is 11.8. The van der Waals surface area contributed by atoms with Crippen molar-refractivity contribution in [3.8, 4) is 0 Å². The van der Waals surface area contributed by atoms with E-state index in [0.29, 0.717) is 29.0 Å². The predicted octanol–water partition coefficient (Wildman–Crippen LogP) is 5.22. The predicted molar refractivity (Wildman–Crippen MR) is 105 cm³/mol. The molecule has 3 heteroatoms. The fourth-order valence-electron chi connectivity index (χ4n) is 8.83. The van der Waals surface area contributed by atoms with Crippen LogP contribution in [0.2, 0.25) is 0 Å². The van der Waals surface area contributed by atoms with E-state index in [1.165, 1.54) is 19.3 Å². The first-order chi connectivity index (χ1) is 12.6. The van der Waals surface area contributed by atoms with Gasteiger partial charge in [0.05, 0.1) is 13.2 Å². The number of Topliss-reactive ketones (excluding diaryl/α,β-unsaturated/α-hetero) is 1. The third-order valence-corrected chi connectivity index (χ3v) is 10.3. The molecule has 0 radical (unpaired) electrons. The van der Waals surface area contributed by atoms with Crippen molar-refractivity contribution in [2.24, 2.45) is 45.8 Å². The molecule has 5 aliphatic rings. The lowest BCUT2D eigenvalue weighted by Gasteiger charge is -2.63. The van der Waals surface area contributed by atoms with E-state index < -0.39 is 0 Å². The van der Waals surface area contributed by atoms with Crippen molar-refractivity contribution in [3.63, 3.8) is 0 Å². The first-order valence-electron chi connectivity index (χ1n) is 11.5. The molecule has 0 bridgehead atoms. The molecule has 1 aliphatic heterocycles. The maximum atomic E-state index is 13.2. The maximum absolute atomic E-state index is 13.2. The molecule has 0 aromatic rings. The minimum Gasteiger partial charge on any atom is -0.348 e. The Morgan fingerprint density at radius 1 is 0.889 bits per heavy atom. The van der Waals surface area contributed by atoms with E-state index in [0.717, 1.165) is 50.7 Å². The molecule has 0 unspecified atom stereocenters. The summed E-state index contributed by atoms with van der Waals surface area (Å²) in [5.41, 5.74) is 0.186. The molecule has 1 saturated heterocycles. The molecule has 3 nitrogen and oxygen atoms in total. The van der Waals surface area contributed by atoms with Gasteiger partial charge in [0.2, 0.25) is 0 Å². The van der Waals surface area contributed by atoms with Crippen LogP contribution in [0, 0.1) is 45.8 Å². The lowest BCUT2D eigenvalue weighted by atomic mass is 9.42. The van der Waals surface area contributed by atoms with E-state index in [2.05, 4.69) is 34.6 Å². The summed E-state index contributed by atoms with van der Waals surface area (Å²) in [6, 6.07) is 0. The monoisotopic (exact) mass is 374 g/mol. The average Bonchev–Trinajstić information content (AvgIpc) is 3.12. The molecular formula is C24H38O3. The molecular weight excluding hydrogens is 336 g/mol. The Morgan fingerprint density at radius 3 is 2.30 bits per heavy atom. The minimum absolute atomic E-state index is 0.0648. The second kappa shape index (κ2) is 5.59. The largest absolute Gasteiger partial charge is 0.348 e. The number of carbonyl (C=O) groups is 1. The van der Waals surface area contributed by atoms with Crippen LogP contribution in [0.1, 0.15) is 79.6 Å². The standard InChI is InChI=1S/C24H38O3/c1-15-12-24(26-10-11-27-24)13-16-6-7-17-18(23(15,16)5)8-9-22(4)19(17)14-21(2,3)20(22)25/h15-19H,6-14H2,1-5H3/t15-,16-,17+,18-,19-,22-,23-/m0/s1. The van der Waals surface area contributed by atoms with Gasteiger partial charge in [-0.05, 0) is 67.1 Å². The van der Waals surface area contributed by atoms with Crippen molar-refractivity contribution < 1.29 is 14.3 Å². The lowest BCUT2D eigenvalue weighted by molar-refractivity contribution is -0.247. The summed E-state index contributed by atoms with van der Waals surface area (Å²) in [5.74, 6) is 3.69. The molecule has 4 aliphatic carbocycles. The fraction of sp³-hybridized carbons (Fsp3) is 0.958. The van der Waals surface area contributed by atoms with E-state index >= 15 is 0 Å². The van der Waals surface area contributed by atoms with Crippen molar-refractivity contribution in [1.82, 2.24) is 0 Å². The molecule has 1 heterocycles. The van der Waals surface area contributed by atoms with Gasteiger partial charge in [-0.3, -0.25) is 4.79 Å². The Morgan fingerprint density at radius 2 is 1.59 bits per heavy atom. The Balaban J connectivity index is 1.47. The van der Waals surface area contributed by atoms with Crippen LogP contribution in [0.3, 0.4) is 0 Å². The van der Waals surface area contributed by atoms with Crippen LogP contribution in [0.5, 0.6) is 0 Å². The second-order valence-electron chi connectivity index (χ2n) is 11.8. The highest BCUT2D eigenvalue weighted by molar-refractivity contribution is 5.92. The topological polar surface area (TPSA) is 35.5 Å². The molecule has 0 amide bonds. The number of rotatable bonds is 0. The summed E-state index contributed by atoms with van der Waals surface area (Å²) in [4.78, 5) is 13.2. The highest BCUT2D eigenvalue weighted by Crippen LogP contribution is 2.69. The zero-order valence-electron chi connectivity index (χ0n) is 18.0. The highest BCUT2D eigenvalue weighted by atomic mass is 16.7. The number of carbonyl (C=O) groups excluding carboxylic acids is 1. The van der Waals surface area contributed by atoms with Gasteiger partial charge in [-0.25, -0.2) is 0 Å². The van der Waals surface area contributed by atoms with Crippen molar-refractivity contribution in [2.45, 2.75) is 85.4 Å². The Bertz CT molecular complexity index is 648. The maximum Gasteiger partial charge on any atom is 0.169 e. The van der Waals surface area contributed by atoms with Crippen molar-refractivity contribution in [1.29, 1.82) is 0 Å². The van der Waals surface area contributed by atoms with Crippen LogP contribution < -0.4 is 0 Å². The summed E-state index contributed by atoms with van der Waals surface area (Å²) in [6.45, 7) is 13.3. The number of ketones is 1. The molecule has 152 valence electrons. The van der Waals surface area contributed by atoms with E-state index in [-0.39, 0.29) is 16.6 Å². The van der Waals surface area contributed by atoms with Gasteiger partial charge in [0.25, 0.3) is 0 Å². The molecule has 27 heavy (non-hydrogen) atoms. The lowest BCUT2D eigenvalue weighted by Crippen LogP contribution is -2.59. The van der Waals surface area contributed by atoms with Crippen molar-refractivity contribution in [3.05, 3.63) is 0 Å². The van der Waals surface area contributed by atoms with Gasteiger partial charge in [0.15, 0.2) is 5.79 Å². The summed E-state index contributed by atoms with van der Waals surface area (Å²) in [7, 11) is 0. The van der Waals surface area contributed by atoms with Crippen LogP contribution in [-0.2, 0) is 14.3 Å². The fourth-order valence-corrected chi connectivity index (χ4v) is 8.83. The van der Waals surface area contributed by atoms with E-state index in [1.54, 1.807) is 0 Å². The molecule has 0 aromatic heterocycles. The summed E-state index contributed by atoms with van der Waals surface area (Å²) < 4.78 is 12.3. The number of hydrogen-bond acceptors (Lipinski definition) is 3. The first-order valence-corrected chi connectivity index (χ1v) is 11.5. The van der Waals surface area contributed by atoms with Gasteiger partial charge in [0, 0.05) is 23.7 Å². The number of hydrogen-bond donors (Lipinski definition) is 0. The van der Waals surface area contributed by atoms with E-state index in [4.69, 9.17) is 9.47 Å². The normalized spacial score (nSPS) is 53.1. The van der Waals surface area contributed by atoms with Crippen molar-refractivity contribution >= 4 is 5.78 Å². The van der Waals surface area contributed by atoms with Crippen LogP contribution in [-0.4, -0.2) is 24.8 Å². The van der Waals surface area contributed by atoms with Crippen LogP contribution in [0.25, 0.3) is 0 Å². The summed E-state index contributed by atoms with van der Waals surface area (Å²) in [5, 5.41) is 0. The van der Waals surface area contributed by atoms with Gasteiger partial charge >= 0.3 is 0 Å². The van der Waals surface area contributed by atoms with Crippen LogP contribution >= 0.6 is 0 Å². The highest BCUT2D eigenvalue weighted by Gasteiger charge is 2.66. The zero-order valence-corrected chi connectivity index (χ0v) is 18.0. The third-order valence-electron chi connectivity index (χ3n) is 10.3.